The Bertz CT molecular complexity index is 5450. The standard InChI is InChI=1S/2C18H15F4NO3.C18H16F3NO3.C18H17F2NO2.C17H15F2NO2/c2*1-9(24)16-7-14(12-4-2-10(19)6-15(12)20)13-5-3-11(8-25-18(21)22)26-17(13)23-16;1-10(23)16-8-15(11-2-4-12(19)5-3-11)14-7-6-13(9-24-18(20)21)25-17(14)22-16;1-10(22)16-9-14(12-5-4-11(19)8-15(12)20)13-6-7-18(2,3)23-17(13)21-16;1-9-3-5-13-14(12-6-4-11(18)7-15(12)19)8-16(10(2)21)20-17(13)22-9/h2*2,4,6-7,11,18H,3,5,8H2,1H3;2-5,8,13,18H,6-7,9H2,1H3;4-5,8-9H,6-7H2,1-3H3;4,6-9H,3,5H2,1-2H3/t2*11-;13-;;9-/m100.1/s1. The second kappa shape index (κ2) is 39.7. The van der Waals surface area contributed by atoms with Gasteiger partial charge in [-0.05, 0) is 209 Å². The molecule has 0 saturated heterocycles. The molecule has 4 atom stereocenters. The molecule has 0 aliphatic carbocycles. The normalized spacial score (nSPS) is 16.3. The van der Waals surface area contributed by atoms with Crippen molar-refractivity contribution in [2.24, 2.45) is 0 Å². The number of ketones is 5. The topological polar surface area (TPSA) is 224 Å². The van der Waals surface area contributed by atoms with Gasteiger partial charge in [0.25, 0.3) is 0 Å². The summed E-state index contributed by atoms with van der Waals surface area (Å²) in [5, 5.41) is 0. The number of Topliss-reactive ketones (excluding diaryl/α,β-unsaturated/α-hetero) is 5. The van der Waals surface area contributed by atoms with Crippen LogP contribution in [0.3, 0.4) is 0 Å². The van der Waals surface area contributed by atoms with E-state index < -0.39 is 90.3 Å². The van der Waals surface area contributed by atoms with Crippen molar-refractivity contribution in [1.29, 1.82) is 0 Å². The van der Waals surface area contributed by atoms with E-state index in [0.29, 0.717) is 96.5 Å². The highest BCUT2D eigenvalue weighted by Crippen LogP contribution is 2.44. The molecule has 0 unspecified atom stereocenters. The molecule has 5 aliphatic rings. The second-order valence-corrected chi connectivity index (χ2v) is 29.4. The molecule has 0 spiro atoms. The summed E-state index contributed by atoms with van der Waals surface area (Å²) < 4.78 is 237. The third-order valence-corrected chi connectivity index (χ3v) is 19.9. The summed E-state index contributed by atoms with van der Waals surface area (Å²) in [4.78, 5) is 79.6. The van der Waals surface area contributed by atoms with E-state index >= 15 is 0 Å². The molecule has 10 heterocycles. The molecule has 0 N–H and O–H groups in total. The highest BCUT2D eigenvalue weighted by molar-refractivity contribution is 5.97. The van der Waals surface area contributed by atoms with Gasteiger partial charge in [-0.1, -0.05) is 12.1 Å². The monoisotopic (exact) mass is 1710 g/mol. The lowest BCUT2D eigenvalue weighted by molar-refractivity contribution is -0.146. The quantitative estimate of drug-likeness (QED) is 0.0542. The molecule has 15 rings (SSSR count). The third-order valence-electron chi connectivity index (χ3n) is 19.9. The van der Waals surface area contributed by atoms with Crippen LogP contribution in [0.1, 0.15) is 168 Å². The van der Waals surface area contributed by atoms with E-state index in [-0.39, 0.29) is 129 Å². The molecular weight excluding hydrogens is 1630 g/mol. The molecule has 642 valence electrons. The molecule has 33 heteroatoms. The molecule has 0 radical (unpaired) electrons. The summed E-state index contributed by atoms with van der Waals surface area (Å²) in [6, 6.07) is 26.6. The maximum absolute atomic E-state index is 14.2. The molecule has 0 bridgehead atoms. The van der Waals surface area contributed by atoms with Crippen LogP contribution in [0.2, 0.25) is 0 Å². The Morgan fingerprint density at radius 3 is 0.902 bits per heavy atom. The number of carbonyl (C=O) groups is 5. The van der Waals surface area contributed by atoms with E-state index in [1.807, 2.05) is 20.8 Å². The van der Waals surface area contributed by atoms with Gasteiger partial charge in [0.15, 0.2) is 28.9 Å². The third kappa shape index (κ3) is 23.0. The molecule has 5 aliphatic heterocycles. The molecule has 0 fully saturated rings. The van der Waals surface area contributed by atoms with Gasteiger partial charge in [-0.15, -0.1) is 0 Å². The minimum absolute atomic E-state index is 0.00637. The van der Waals surface area contributed by atoms with Crippen LogP contribution in [0.25, 0.3) is 55.6 Å². The minimum atomic E-state index is -2.92. The number of fused-ring (bicyclic) bond motifs is 5. The SMILES string of the molecule is CC(=O)c1cc(-c2ccc(F)cc2)c2c(n1)O[C@H](COC(F)F)CC2.CC(=O)c1cc(-c2ccc(F)cc2F)c2c(n1)OC(C)(C)CC2.CC(=O)c1cc(-c2ccc(F)cc2F)c2c(n1)O[C@@H](COC(F)F)CC2.CC(=O)c1cc(-c2ccc(F)cc2F)c2c(n1)O[C@H](C)CC2.CC(=O)c1cc(-c2ccc(F)cc2F)c2c(n1)O[C@H](COC(F)F)CC2. The van der Waals surface area contributed by atoms with Crippen LogP contribution in [-0.4, -0.2) is 124 Å². The number of ether oxygens (including phenoxy) is 8. The smallest absolute Gasteiger partial charge is 0.345 e. The lowest BCUT2D eigenvalue weighted by Crippen LogP contribution is -2.33. The lowest BCUT2D eigenvalue weighted by atomic mass is 9.90. The van der Waals surface area contributed by atoms with Crippen LogP contribution in [-0.2, 0) is 46.3 Å². The fraction of sp³-hybridized carbons (Fsp3) is 0.326. The number of aromatic nitrogens is 5. The van der Waals surface area contributed by atoms with Crippen molar-refractivity contribution in [2.75, 3.05) is 19.8 Å². The molecule has 18 nitrogen and oxygen atoms in total. The van der Waals surface area contributed by atoms with Crippen molar-refractivity contribution in [3.05, 3.63) is 236 Å². The highest BCUT2D eigenvalue weighted by atomic mass is 19.3. The number of rotatable bonds is 19. The summed E-state index contributed by atoms with van der Waals surface area (Å²) in [5.41, 5.74) is 7.64. The summed E-state index contributed by atoms with van der Waals surface area (Å²) in [7, 11) is 0. The van der Waals surface area contributed by atoms with E-state index in [2.05, 4.69) is 39.1 Å². The Morgan fingerprint density at radius 1 is 0.344 bits per heavy atom. The Kier molecular flexibility index (Phi) is 29.5. The summed E-state index contributed by atoms with van der Waals surface area (Å²) in [6.45, 7) is 2.94. The van der Waals surface area contributed by atoms with Gasteiger partial charge in [-0.3, -0.25) is 24.0 Å². The fourth-order valence-electron chi connectivity index (χ4n) is 13.8. The van der Waals surface area contributed by atoms with Gasteiger partial charge >= 0.3 is 19.8 Å². The predicted molar refractivity (Wildman–Crippen MR) is 414 cm³/mol. The van der Waals surface area contributed by atoms with Crippen molar-refractivity contribution in [1.82, 2.24) is 24.9 Å². The Balaban J connectivity index is 0.000000149. The number of hydrogen-bond donors (Lipinski definition) is 0. The Labute approximate surface area is 689 Å². The average Bonchev–Trinajstić information content (AvgIpc) is 0.848. The maximum Gasteiger partial charge on any atom is 0.345 e. The zero-order chi connectivity index (χ0) is 88.3. The lowest BCUT2D eigenvalue weighted by Gasteiger charge is -2.33. The zero-order valence-electron chi connectivity index (χ0n) is 66.6. The number of pyridine rings is 5. The van der Waals surface area contributed by atoms with E-state index in [0.717, 1.165) is 77.1 Å². The summed E-state index contributed by atoms with van der Waals surface area (Å²) in [5.74, 6) is -6.32. The van der Waals surface area contributed by atoms with Gasteiger partial charge in [-0.2, -0.15) is 26.3 Å². The van der Waals surface area contributed by atoms with Crippen LogP contribution >= 0.6 is 0 Å². The number of halogens is 15. The van der Waals surface area contributed by atoms with Gasteiger partial charge in [-0.25, -0.2) is 64.4 Å². The highest BCUT2D eigenvalue weighted by Gasteiger charge is 2.35. The zero-order valence-corrected chi connectivity index (χ0v) is 66.6. The second-order valence-electron chi connectivity index (χ2n) is 29.4. The molecular formula is C89H78F15N5O13. The van der Waals surface area contributed by atoms with Crippen molar-refractivity contribution in [2.45, 2.75) is 169 Å². The summed E-state index contributed by atoms with van der Waals surface area (Å²) >= 11 is 0. The average molecular weight is 1710 g/mol. The van der Waals surface area contributed by atoms with Gasteiger partial charge in [0.05, 0.1) is 25.9 Å². The van der Waals surface area contributed by atoms with E-state index in [1.165, 1.54) is 95.3 Å². The molecule has 5 aromatic heterocycles. The van der Waals surface area contributed by atoms with Gasteiger partial charge in [0, 0.05) is 109 Å². The van der Waals surface area contributed by atoms with Gasteiger partial charge in [0.2, 0.25) is 29.4 Å². The number of nitrogens with zero attached hydrogens (tertiary/aromatic N) is 5. The van der Waals surface area contributed by atoms with Crippen LogP contribution in [0, 0.1) is 52.4 Å². The van der Waals surface area contributed by atoms with E-state index in [9.17, 15) is 89.8 Å². The van der Waals surface area contributed by atoms with Crippen molar-refractivity contribution in [3.63, 3.8) is 0 Å². The van der Waals surface area contributed by atoms with Crippen LogP contribution < -0.4 is 23.7 Å². The van der Waals surface area contributed by atoms with Crippen molar-refractivity contribution in [3.8, 4) is 85.0 Å². The first kappa shape index (κ1) is 90.8. The van der Waals surface area contributed by atoms with E-state index in [4.69, 9.17) is 23.7 Å². The van der Waals surface area contributed by atoms with Crippen molar-refractivity contribution < 1.29 is 128 Å². The van der Waals surface area contributed by atoms with Gasteiger partial charge in [0.1, 0.15) is 105 Å². The molecule has 122 heavy (non-hydrogen) atoms. The fourth-order valence-corrected chi connectivity index (χ4v) is 13.8. The molecule has 0 amide bonds. The molecule has 5 aromatic carbocycles. The maximum atomic E-state index is 14.2. The Morgan fingerprint density at radius 2 is 0.607 bits per heavy atom. The number of benzene rings is 5. The minimum Gasteiger partial charge on any atom is -0.474 e. The molecule has 0 saturated carbocycles. The first-order chi connectivity index (χ1) is 57.8. The van der Waals surface area contributed by atoms with E-state index in [1.54, 1.807) is 30.3 Å². The van der Waals surface area contributed by atoms with Crippen molar-refractivity contribution >= 4 is 28.9 Å². The van der Waals surface area contributed by atoms with Gasteiger partial charge < -0.3 is 37.9 Å². The first-order valence-corrected chi connectivity index (χ1v) is 38.2. The number of carbonyl (C=O) groups excluding carboxylic acids is 5. The van der Waals surface area contributed by atoms with Crippen LogP contribution in [0.15, 0.2) is 127 Å². The molecule has 10 aromatic rings. The largest absolute Gasteiger partial charge is 0.474 e. The number of alkyl halides is 6. The van der Waals surface area contributed by atoms with Crippen LogP contribution in [0.4, 0.5) is 65.9 Å². The first-order valence-electron chi connectivity index (χ1n) is 38.2. The predicted octanol–water partition coefficient (Wildman–Crippen LogP) is 20.6. The number of hydrogen-bond acceptors (Lipinski definition) is 18. The van der Waals surface area contributed by atoms with Crippen LogP contribution in [0.5, 0.6) is 29.4 Å². The Hall–Kier alpha value is -12.0. The summed E-state index contributed by atoms with van der Waals surface area (Å²) in [6.07, 6.45) is 3.44.